The number of rotatable bonds is 45. The summed E-state index contributed by atoms with van der Waals surface area (Å²) in [6.45, 7) is 11.7. The molecule has 1 aliphatic rings. The predicted octanol–water partition coefficient (Wildman–Crippen LogP) is 20.7. The van der Waals surface area contributed by atoms with Gasteiger partial charge in [-0.2, -0.15) is 0 Å². The van der Waals surface area contributed by atoms with Crippen molar-refractivity contribution in [1.29, 1.82) is 0 Å². The van der Waals surface area contributed by atoms with Crippen molar-refractivity contribution in [3.05, 3.63) is 22.8 Å². The first-order valence-corrected chi connectivity index (χ1v) is 26.6. The fourth-order valence-corrected chi connectivity index (χ4v) is 9.80. The second-order valence-corrected chi connectivity index (χ2v) is 18.8. The summed E-state index contributed by atoms with van der Waals surface area (Å²) in [4.78, 5) is 0. The molecule has 0 aliphatic heterocycles. The topological polar surface area (TPSA) is 0 Å². The summed E-state index contributed by atoms with van der Waals surface area (Å²) in [7, 11) is 0. The maximum Gasteiger partial charge on any atom is 0.0173 e. The Kier molecular flexibility index (Phi) is 38.4. The van der Waals surface area contributed by atoms with E-state index in [-0.39, 0.29) is 5.41 Å². The minimum Gasteiger partial charge on any atom is -0.0654 e. The normalized spacial score (nSPS) is 14.1. The average Bonchev–Trinajstić information content (AvgIpc) is 3.48. The third-order valence-electron chi connectivity index (χ3n) is 13.5. The molecule has 1 aliphatic carbocycles. The van der Waals surface area contributed by atoms with Crippen LogP contribution in [0.3, 0.4) is 0 Å². The molecular weight excluding hydrogens is 661 g/mol. The van der Waals surface area contributed by atoms with E-state index in [1.807, 2.05) is 11.1 Å². The Labute approximate surface area is 350 Å². The van der Waals surface area contributed by atoms with Gasteiger partial charge in [0, 0.05) is 5.41 Å². The van der Waals surface area contributed by atoms with Gasteiger partial charge < -0.3 is 0 Å². The summed E-state index contributed by atoms with van der Waals surface area (Å²) in [6.07, 6.45) is 68.7. The van der Waals surface area contributed by atoms with Gasteiger partial charge in [0.15, 0.2) is 0 Å². The van der Waals surface area contributed by atoms with Gasteiger partial charge in [-0.05, 0) is 68.6 Å². The third-order valence-corrected chi connectivity index (χ3v) is 13.5. The molecule has 0 aromatic rings. The van der Waals surface area contributed by atoms with Gasteiger partial charge in [0.05, 0.1) is 0 Å². The molecule has 325 valence electrons. The van der Waals surface area contributed by atoms with Crippen molar-refractivity contribution in [2.24, 2.45) is 5.41 Å². The smallest absolute Gasteiger partial charge is 0.0173 e. The monoisotopic (exact) mass is 766 g/mol. The van der Waals surface area contributed by atoms with Crippen molar-refractivity contribution in [3.8, 4) is 0 Å². The summed E-state index contributed by atoms with van der Waals surface area (Å²) in [5.41, 5.74) is 5.82. The molecule has 0 spiro atoms. The minimum absolute atomic E-state index is 0.260. The summed E-state index contributed by atoms with van der Waals surface area (Å²) in [5, 5.41) is 0. The van der Waals surface area contributed by atoms with Gasteiger partial charge in [0.1, 0.15) is 0 Å². The number of hydrogen-bond donors (Lipinski definition) is 0. The zero-order valence-electron chi connectivity index (χ0n) is 39.3. The summed E-state index contributed by atoms with van der Waals surface area (Å²) in [6, 6.07) is 0. The van der Waals surface area contributed by atoms with E-state index in [9.17, 15) is 0 Å². The quantitative estimate of drug-likeness (QED) is 0.0542. The number of unbranched alkanes of at least 4 members (excludes halogenated alkanes) is 35. The van der Waals surface area contributed by atoms with Crippen LogP contribution in [0.25, 0.3) is 0 Å². The van der Waals surface area contributed by atoms with Gasteiger partial charge >= 0.3 is 0 Å². The minimum atomic E-state index is 0.260. The molecule has 55 heavy (non-hydrogen) atoms. The van der Waals surface area contributed by atoms with Crippen LogP contribution >= 0.6 is 0 Å². The van der Waals surface area contributed by atoms with Crippen LogP contribution in [0.1, 0.15) is 324 Å². The average molecular weight is 766 g/mol. The zero-order chi connectivity index (χ0) is 39.8. The SMILES string of the molecule is CCCCCCCCCCC1=[C]C(CCCCCCCCCC)(CCCCCCCCCC)C(CCCCCCCCCC)=C1CCCCCCCCCC. The molecule has 0 amide bonds. The lowest BCUT2D eigenvalue weighted by Crippen LogP contribution is -2.21. The summed E-state index contributed by atoms with van der Waals surface area (Å²) in [5.74, 6) is 0. The van der Waals surface area contributed by atoms with Crippen LogP contribution in [0.2, 0.25) is 0 Å². The first kappa shape index (κ1) is 52.5. The van der Waals surface area contributed by atoms with Crippen LogP contribution in [0.5, 0.6) is 0 Å². The fourth-order valence-electron chi connectivity index (χ4n) is 9.80. The maximum absolute atomic E-state index is 4.55. The highest BCUT2D eigenvalue weighted by Gasteiger charge is 2.39. The molecule has 0 aromatic heterocycles. The van der Waals surface area contributed by atoms with Crippen molar-refractivity contribution in [2.75, 3.05) is 0 Å². The van der Waals surface area contributed by atoms with E-state index < -0.39 is 0 Å². The Bertz CT molecular complexity index is 822. The van der Waals surface area contributed by atoms with Gasteiger partial charge in [0.2, 0.25) is 0 Å². The lowest BCUT2D eigenvalue weighted by molar-refractivity contribution is 0.331. The Morgan fingerprint density at radius 1 is 0.273 bits per heavy atom. The van der Waals surface area contributed by atoms with Crippen molar-refractivity contribution < 1.29 is 0 Å². The molecular formula is C55H105. The molecule has 0 nitrogen and oxygen atoms in total. The summed E-state index contributed by atoms with van der Waals surface area (Å²) < 4.78 is 0. The zero-order valence-corrected chi connectivity index (χ0v) is 39.3. The second kappa shape index (κ2) is 40.3. The molecule has 0 bridgehead atoms. The molecule has 0 saturated heterocycles. The first-order chi connectivity index (χ1) is 27.2. The fraction of sp³-hybridized carbons (Fsp3) is 0.927. The highest BCUT2D eigenvalue weighted by Crippen LogP contribution is 2.52. The Morgan fingerprint density at radius 3 is 0.855 bits per heavy atom. The standard InChI is InChI=1S/C55H105/c1-6-11-16-21-26-31-36-41-46-52-51-55(49-44-39-34-29-24-19-14-9-4,50-45-40-35-30-25-20-15-10-5)54(48-43-38-33-28-23-18-13-8-3)53(52)47-42-37-32-27-22-17-12-7-2/h6-50H2,1-5H3. The Hall–Kier alpha value is -0.520. The largest absolute Gasteiger partial charge is 0.0654 e. The van der Waals surface area contributed by atoms with Crippen LogP contribution in [-0.2, 0) is 0 Å². The molecule has 0 N–H and O–H groups in total. The molecule has 0 heterocycles. The van der Waals surface area contributed by atoms with E-state index in [1.165, 1.54) is 289 Å². The van der Waals surface area contributed by atoms with Gasteiger partial charge in [-0.3, -0.25) is 0 Å². The first-order valence-electron chi connectivity index (χ1n) is 26.6. The Morgan fingerprint density at radius 2 is 0.527 bits per heavy atom. The highest BCUT2D eigenvalue weighted by molar-refractivity contribution is 5.46. The van der Waals surface area contributed by atoms with Crippen LogP contribution < -0.4 is 0 Å². The lowest BCUT2D eigenvalue weighted by Gasteiger charge is -2.32. The molecule has 1 radical (unpaired) electrons. The predicted molar refractivity (Wildman–Crippen MR) is 252 cm³/mol. The third kappa shape index (κ3) is 28.5. The molecule has 0 unspecified atom stereocenters. The van der Waals surface area contributed by atoms with Crippen molar-refractivity contribution in [1.82, 2.24) is 0 Å². The molecule has 0 heteroatoms. The van der Waals surface area contributed by atoms with E-state index in [1.54, 1.807) is 5.57 Å². The number of allylic oxidation sites excluding steroid dienone is 4. The van der Waals surface area contributed by atoms with Crippen molar-refractivity contribution in [3.63, 3.8) is 0 Å². The Balaban J connectivity index is 3.19. The van der Waals surface area contributed by atoms with Crippen LogP contribution in [0.4, 0.5) is 0 Å². The van der Waals surface area contributed by atoms with Gasteiger partial charge in [-0.1, -0.05) is 278 Å². The molecule has 0 saturated carbocycles. The van der Waals surface area contributed by atoms with Crippen LogP contribution in [0, 0.1) is 11.5 Å². The van der Waals surface area contributed by atoms with Crippen molar-refractivity contribution >= 4 is 0 Å². The van der Waals surface area contributed by atoms with Crippen LogP contribution in [0.15, 0.2) is 16.7 Å². The van der Waals surface area contributed by atoms with Gasteiger partial charge in [-0.15, -0.1) is 0 Å². The lowest BCUT2D eigenvalue weighted by atomic mass is 9.71. The maximum atomic E-state index is 4.55. The molecule has 1 rings (SSSR count). The number of hydrogen-bond acceptors (Lipinski definition) is 0. The van der Waals surface area contributed by atoms with E-state index in [4.69, 9.17) is 0 Å². The van der Waals surface area contributed by atoms with Gasteiger partial charge in [0.25, 0.3) is 0 Å². The molecule has 0 atom stereocenters. The van der Waals surface area contributed by atoms with Gasteiger partial charge in [-0.25, -0.2) is 0 Å². The molecule has 0 fully saturated rings. The summed E-state index contributed by atoms with van der Waals surface area (Å²) >= 11 is 0. The van der Waals surface area contributed by atoms with E-state index >= 15 is 0 Å². The van der Waals surface area contributed by atoms with Crippen LogP contribution in [-0.4, -0.2) is 0 Å². The molecule has 0 aromatic carbocycles. The van der Waals surface area contributed by atoms with E-state index in [2.05, 4.69) is 40.7 Å². The van der Waals surface area contributed by atoms with E-state index in [0.717, 1.165) is 0 Å². The van der Waals surface area contributed by atoms with Crippen molar-refractivity contribution in [2.45, 2.75) is 324 Å². The van der Waals surface area contributed by atoms with E-state index in [0.29, 0.717) is 0 Å². The highest BCUT2D eigenvalue weighted by atomic mass is 14.4. The second-order valence-electron chi connectivity index (χ2n) is 18.8.